The van der Waals surface area contributed by atoms with Crippen molar-refractivity contribution in [1.82, 2.24) is 0 Å². The van der Waals surface area contributed by atoms with Crippen molar-refractivity contribution in [2.75, 3.05) is 11.5 Å². The van der Waals surface area contributed by atoms with Crippen molar-refractivity contribution in [2.45, 2.75) is 36.7 Å². The second-order valence-electron chi connectivity index (χ2n) is 4.64. The maximum atomic E-state index is 3.46. The number of benzene rings is 1. The van der Waals surface area contributed by atoms with E-state index in [1.807, 2.05) is 23.5 Å². The predicted octanol–water partition coefficient (Wildman–Crippen LogP) is 4.60. The largest absolute Gasteiger partial charge is 0.132 e. The molecule has 1 saturated heterocycles. The third-order valence-electron chi connectivity index (χ3n) is 2.97. The first-order chi connectivity index (χ1) is 8.79. The van der Waals surface area contributed by atoms with Crippen molar-refractivity contribution in [3.63, 3.8) is 0 Å². The molecule has 0 atom stereocenters. The fourth-order valence-electron chi connectivity index (χ4n) is 1.96. The molecule has 0 aliphatic carbocycles. The molecule has 1 fully saturated rings. The van der Waals surface area contributed by atoms with Crippen LogP contribution in [0.2, 0.25) is 0 Å². The highest BCUT2D eigenvalue weighted by molar-refractivity contribution is 8.19. The van der Waals surface area contributed by atoms with Crippen LogP contribution in [0.4, 0.5) is 0 Å². The van der Waals surface area contributed by atoms with E-state index >= 15 is 0 Å². The van der Waals surface area contributed by atoms with Gasteiger partial charge in [0.05, 0.1) is 0 Å². The summed E-state index contributed by atoms with van der Waals surface area (Å²) in [5.74, 6) is 9.37. The molecule has 1 heterocycles. The zero-order chi connectivity index (χ0) is 12.7. The highest BCUT2D eigenvalue weighted by Crippen LogP contribution is 2.41. The van der Waals surface area contributed by atoms with Crippen molar-refractivity contribution in [1.29, 1.82) is 0 Å². The van der Waals surface area contributed by atoms with Crippen LogP contribution in [0.5, 0.6) is 0 Å². The monoisotopic (exact) mass is 276 g/mol. The molecule has 0 N–H and O–H groups in total. The van der Waals surface area contributed by atoms with Gasteiger partial charge in [0.1, 0.15) is 4.08 Å². The fourth-order valence-corrected chi connectivity index (χ4v) is 4.62. The smallest absolute Gasteiger partial charge is 0.119 e. The molecule has 0 amide bonds. The lowest BCUT2D eigenvalue weighted by molar-refractivity contribution is 0.856. The summed E-state index contributed by atoms with van der Waals surface area (Å²) in [4.78, 5) is 0. The minimum atomic E-state index is 0.158. The van der Waals surface area contributed by atoms with E-state index in [-0.39, 0.29) is 4.08 Å². The summed E-state index contributed by atoms with van der Waals surface area (Å²) in [5, 5.41) is 0. The number of aryl methyl sites for hydroxylation is 1. The van der Waals surface area contributed by atoms with Crippen molar-refractivity contribution in [3.05, 3.63) is 35.9 Å². The summed E-state index contributed by atoms with van der Waals surface area (Å²) in [6.07, 6.45) is 4.67. The molecule has 0 spiro atoms. The van der Waals surface area contributed by atoms with Crippen LogP contribution < -0.4 is 0 Å². The van der Waals surface area contributed by atoms with Gasteiger partial charge in [-0.2, -0.15) is 0 Å². The topological polar surface area (TPSA) is 0 Å². The quantitative estimate of drug-likeness (QED) is 0.584. The summed E-state index contributed by atoms with van der Waals surface area (Å²) in [6, 6.07) is 10.7. The minimum absolute atomic E-state index is 0.158. The zero-order valence-electron chi connectivity index (χ0n) is 10.9. The van der Waals surface area contributed by atoms with Crippen LogP contribution in [0, 0.1) is 11.8 Å². The van der Waals surface area contributed by atoms with Gasteiger partial charge in [-0.3, -0.25) is 0 Å². The lowest BCUT2D eigenvalue weighted by atomic mass is 10.1. The van der Waals surface area contributed by atoms with Gasteiger partial charge in [0.25, 0.3) is 0 Å². The van der Waals surface area contributed by atoms with Crippen LogP contribution in [-0.2, 0) is 6.42 Å². The van der Waals surface area contributed by atoms with Gasteiger partial charge in [-0.25, -0.2) is 0 Å². The Balaban J connectivity index is 1.72. The highest BCUT2D eigenvalue weighted by Gasteiger charge is 2.25. The number of thioether (sulfide) groups is 2. The Hall–Kier alpha value is -0.520. The molecule has 1 aromatic carbocycles. The number of unbranched alkanes of at least 4 members (excludes halogenated alkanes) is 1. The maximum Gasteiger partial charge on any atom is 0.119 e. The first-order valence-electron chi connectivity index (χ1n) is 6.60. The molecular weight excluding hydrogens is 256 g/mol. The summed E-state index contributed by atoms with van der Waals surface area (Å²) in [6.45, 7) is 2.27. The van der Waals surface area contributed by atoms with Gasteiger partial charge in [-0.1, -0.05) is 36.3 Å². The molecule has 1 aliphatic rings. The predicted molar refractivity (Wildman–Crippen MR) is 85.1 cm³/mol. The van der Waals surface area contributed by atoms with Crippen LogP contribution in [0.25, 0.3) is 0 Å². The standard InChI is InChI=1S/C16H20S2/c1-16(17-13-8-14-18-16)12-7-3-6-11-15-9-4-2-5-10-15/h2,4-5,9-10H,3,6,8,11,13-14H2,1H3. The van der Waals surface area contributed by atoms with Crippen molar-refractivity contribution < 1.29 is 0 Å². The zero-order valence-corrected chi connectivity index (χ0v) is 12.6. The van der Waals surface area contributed by atoms with Gasteiger partial charge in [-0.15, -0.1) is 29.4 Å². The molecule has 0 nitrogen and oxygen atoms in total. The number of rotatable bonds is 3. The van der Waals surface area contributed by atoms with Gasteiger partial charge in [0, 0.05) is 6.42 Å². The molecule has 1 aliphatic heterocycles. The minimum Gasteiger partial charge on any atom is -0.132 e. The highest BCUT2D eigenvalue weighted by atomic mass is 32.2. The normalized spacial score (nSPS) is 17.8. The van der Waals surface area contributed by atoms with Crippen LogP contribution in [0.15, 0.2) is 30.3 Å². The van der Waals surface area contributed by atoms with Crippen LogP contribution in [0.3, 0.4) is 0 Å². The molecule has 0 bridgehead atoms. The van der Waals surface area contributed by atoms with E-state index < -0.39 is 0 Å². The van der Waals surface area contributed by atoms with Crippen molar-refractivity contribution in [2.24, 2.45) is 0 Å². The first kappa shape index (κ1) is 13.9. The Morgan fingerprint density at radius 3 is 2.61 bits per heavy atom. The van der Waals surface area contributed by atoms with E-state index in [0.29, 0.717) is 0 Å². The molecule has 2 rings (SSSR count). The van der Waals surface area contributed by atoms with Gasteiger partial charge in [-0.05, 0) is 43.3 Å². The Morgan fingerprint density at radius 2 is 1.89 bits per heavy atom. The Kier molecular flexibility index (Phi) is 5.53. The lowest BCUT2D eigenvalue weighted by Gasteiger charge is -2.26. The molecule has 18 heavy (non-hydrogen) atoms. The van der Waals surface area contributed by atoms with Crippen molar-refractivity contribution in [3.8, 4) is 11.8 Å². The Bertz CT molecular complexity index is 408. The van der Waals surface area contributed by atoms with Gasteiger partial charge < -0.3 is 0 Å². The van der Waals surface area contributed by atoms with Crippen LogP contribution in [-0.4, -0.2) is 15.6 Å². The molecule has 96 valence electrons. The van der Waals surface area contributed by atoms with Crippen molar-refractivity contribution >= 4 is 23.5 Å². The maximum absolute atomic E-state index is 3.46. The van der Waals surface area contributed by atoms with E-state index in [1.54, 1.807) is 0 Å². The van der Waals surface area contributed by atoms with E-state index in [1.165, 1.54) is 29.9 Å². The molecule has 0 radical (unpaired) electrons. The van der Waals surface area contributed by atoms with E-state index in [2.05, 4.69) is 49.1 Å². The van der Waals surface area contributed by atoms with Gasteiger partial charge in [0.2, 0.25) is 0 Å². The van der Waals surface area contributed by atoms with Gasteiger partial charge in [0.15, 0.2) is 0 Å². The first-order valence-corrected chi connectivity index (χ1v) is 8.57. The molecular formula is C16H20S2. The fraction of sp³-hybridized carbons (Fsp3) is 0.500. The second kappa shape index (κ2) is 7.16. The van der Waals surface area contributed by atoms with E-state index in [0.717, 1.165) is 12.8 Å². The van der Waals surface area contributed by atoms with E-state index in [9.17, 15) is 0 Å². The third kappa shape index (κ3) is 4.63. The Morgan fingerprint density at radius 1 is 1.17 bits per heavy atom. The molecule has 0 saturated carbocycles. The Labute approximate surface area is 119 Å². The number of hydrogen-bond acceptors (Lipinski definition) is 2. The second-order valence-corrected chi connectivity index (χ2v) is 7.92. The molecule has 0 aromatic heterocycles. The summed E-state index contributed by atoms with van der Waals surface area (Å²) < 4.78 is 0.158. The van der Waals surface area contributed by atoms with Crippen LogP contribution >= 0.6 is 23.5 Å². The average Bonchev–Trinajstić information content (AvgIpc) is 2.40. The summed E-state index contributed by atoms with van der Waals surface area (Å²) in [7, 11) is 0. The van der Waals surface area contributed by atoms with E-state index in [4.69, 9.17) is 0 Å². The average molecular weight is 276 g/mol. The molecule has 0 unspecified atom stereocenters. The van der Waals surface area contributed by atoms with Gasteiger partial charge >= 0.3 is 0 Å². The lowest BCUT2D eigenvalue weighted by Crippen LogP contribution is -2.18. The summed E-state index contributed by atoms with van der Waals surface area (Å²) >= 11 is 4.02. The summed E-state index contributed by atoms with van der Waals surface area (Å²) in [5.41, 5.74) is 1.42. The molecule has 2 heteroatoms. The van der Waals surface area contributed by atoms with Crippen LogP contribution in [0.1, 0.15) is 31.7 Å². The number of hydrogen-bond donors (Lipinski definition) is 0. The SMILES string of the molecule is CC1(C#CCCCc2ccccc2)SCCCS1. The molecule has 1 aromatic rings. The third-order valence-corrected chi connectivity index (χ3v) is 5.97.